The molecule has 29 heavy (non-hydrogen) atoms. The molecule has 0 aliphatic carbocycles. The minimum Gasteiger partial charge on any atom is -0.375 e. The number of benzene rings is 1. The second-order valence-electron chi connectivity index (χ2n) is 7.61. The highest BCUT2D eigenvalue weighted by molar-refractivity contribution is 14.0. The van der Waals surface area contributed by atoms with Crippen LogP contribution in [0, 0.1) is 0 Å². The molecule has 0 bridgehead atoms. The van der Waals surface area contributed by atoms with Crippen LogP contribution in [0.2, 0.25) is 0 Å². The Morgan fingerprint density at radius 2 is 1.97 bits per heavy atom. The highest BCUT2D eigenvalue weighted by Gasteiger charge is 2.32. The maximum absolute atomic E-state index is 5.98. The summed E-state index contributed by atoms with van der Waals surface area (Å²) in [6, 6.07) is 10.5. The van der Waals surface area contributed by atoms with E-state index in [-0.39, 0.29) is 36.2 Å². The van der Waals surface area contributed by atoms with Gasteiger partial charge in [-0.2, -0.15) is 0 Å². The summed E-state index contributed by atoms with van der Waals surface area (Å²) in [7, 11) is 2.15. The van der Waals surface area contributed by atoms with Gasteiger partial charge < -0.3 is 24.6 Å². The number of ether oxygens (including phenoxy) is 2. The van der Waals surface area contributed by atoms with Gasteiger partial charge in [-0.3, -0.25) is 4.99 Å². The van der Waals surface area contributed by atoms with E-state index in [0.29, 0.717) is 0 Å². The van der Waals surface area contributed by atoms with Crippen molar-refractivity contribution in [2.45, 2.75) is 44.8 Å². The molecule has 2 unspecified atom stereocenters. The molecule has 1 N–H and O–H groups in total. The lowest BCUT2D eigenvalue weighted by Crippen LogP contribution is -2.53. The van der Waals surface area contributed by atoms with Gasteiger partial charge in [0, 0.05) is 52.1 Å². The zero-order valence-electron chi connectivity index (χ0n) is 17.9. The Hall–Kier alpha value is -1.06. The van der Waals surface area contributed by atoms with Gasteiger partial charge in [0.25, 0.3) is 0 Å². The third-order valence-corrected chi connectivity index (χ3v) is 5.47. The van der Waals surface area contributed by atoms with Crippen LogP contribution in [0.4, 0.5) is 5.69 Å². The molecule has 2 heterocycles. The van der Waals surface area contributed by atoms with Gasteiger partial charge in [0.15, 0.2) is 5.96 Å². The normalized spacial score (nSPS) is 22.3. The third kappa shape index (κ3) is 7.61. The molecule has 0 saturated carbocycles. The van der Waals surface area contributed by atoms with Crippen molar-refractivity contribution < 1.29 is 9.47 Å². The number of unbranched alkanes of at least 4 members (excludes halogenated alkanes) is 1. The summed E-state index contributed by atoms with van der Waals surface area (Å²) >= 11 is 0. The van der Waals surface area contributed by atoms with E-state index in [1.807, 2.05) is 0 Å². The lowest BCUT2D eigenvalue weighted by atomic mass is 10.1. The maximum atomic E-state index is 5.98. The van der Waals surface area contributed by atoms with Crippen LogP contribution in [0.5, 0.6) is 0 Å². The van der Waals surface area contributed by atoms with Crippen LogP contribution in [0.1, 0.15) is 32.6 Å². The van der Waals surface area contributed by atoms with Gasteiger partial charge in [-0.25, -0.2) is 0 Å². The minimum atomic E-state index is 0. The smallest absolute Gasteiger partial charge is 0.194 e. The molecule has 0 spiro atoms. The van der Waals surface area contributed by atoms with Gasteiger partial charge in [-0.15, -0.1) is 24.0 Å². The van der Waals surface area contributed by atoms with Crippen LogP contribution in [0.3, 0.4) is 0 Å². The van der Waals surface area contributed by atoms with Crippen molar-refractivity contribution in [2.24, 2.45) is 4.99 Å². The summed E-state index contributed by atoms with van der Waals surface area (Å²) in [4.78, 5) is 9.54. The van der Waals surface area contributed by atoms with E-state index < -0.39 is 0 Å². The summed E-state index contributed by atoms with van der Waals surface area (Å²) in [5.74, 6) is 1.02. The van der Waals surface area contributed by atoms with Gasteiger partial charge >= 0.3 is 0 Å². The molecule has 6 nitrogen and oxygen atoms in total. The average molecular weight is 516 g/mol. The lowest BCUT2D eigenvalue weighted by Gasteiger charge is -2.37. The molecule has 2 fully saturated rings. The zero-order valence-corrected chi connectivity index (χ0v) is 20.2. The van der Waals surface area contributed by atoms with E-state index in [9.17, 15) is 0 Å². The van der Waals surface area contributed by atoms with Crippen LogP contribution in [-0.4, -0.2) is 76.1 Å². The number of para-hydroxylation sites is 1. The highest BCUT2D eigenvalue weighted by Crippen LogP contribution is 2.21. The van der Waals surface area contributed by atoms with E-state index in [4.69, 9.17) is 14.5 Å². The van der Waals surface area contributed by atoms with E-state index in [1.54, 1.807) is 0 Å². The van der Waals surface area contributed by atoms with E-state index in [0.717, 1.165) is 77.6 Å². The van der Waals surface area contributed by atoms with Gasteiger partial charge in [-0.05, 0) is 44.7 Å². The van der Waals surface area contributed by atoms with Gasteiger partial charge in [0.1, 0.15) is 6.10 Å². The van der Waals surface area contributed by atoms with Crippen LogP contribution >= 0.6 is 24.0 Å². The first-order chi connectivity index (χ1) is 13.8. The number of anilines is 1. The molecule has 0 aromatic heterocycles. The Balaban J connectivity index is 0.00000300. The summed E-state index contributed by atoms with van der Waals surface area (Å²) in [6.07, 6.45) is 4.90. The van der Waals surface area contributed by atoms with Crippen molar-refractivity contribution in [3.63, 3.8) is 0 Å². The van der Waals surface area contributed by atoms with Crippen molar-refractivity contribution >= 4 is 35.6 Å². The van der Waals surface area contributed by atoms with Crippen molar-refractivity contribution in [3.05, 3.63) is 30.3 Å². The van der Waals surface area contributed by atoms with Gasteiger partial charge in [0.2, 0.25) is 0 Å². The second kappa shape index (κ2) is 13.3. The molecule has 7 heteroatoms. The molecule has 0 amide bonds. The molecule has 1 aromatic carbocycles. The lowest BCUT2D eigenvalue weighted by molar-refractivity contribution is -0.0817. The molecule has 2 aliphatic rings. The van der Waals surface area contributed by atoms with Crippen molar-refractivity contribution in [2.75, 3.05) is 57.9 Å². The Morgan fingerprint density at radius 3 is 2.69 bits per heavy atom. The summed E-state index contributed by atoms with van der Waals surface area (Å²) in [5, 5.41) is 3.46. The summed E-state index contributed by atoms with van der Waals surface area (Å²) < 4.78 is 11.8. The fourth-order valence-corrected chi connectivity index (χ4v) is 3.87. The van der Waals surface area contributed by atoms with Crippen molar-refractivity contribution in [1.29, 1.82) is 0 Å². The molecular formula is C22H37IN4O2. The number of rotatable bonds is 8. The maximum Gasteiger partial charge on any atom is 0.194 e. The number of nitrogens with one attached hydrogen (secondary N) is 1. The molecule has 2 atom stereocenters. The van der Waals surface area contributed by atoms with Crippen LogP contribution in [0.15, 0.2) is 35.3 Å². The average Bonchev–Trinajstić information content (AvgIpc) is 3.28. The number of nitrogens with zero attached hydrogens (tertiary/aromatic N) is 3. The fourth-order valence-electron chi connectivity index (χ4n) is 3.87. The number of hydrogen-bond donors (Lipinski definition) is 1. The van der Waals surface area contributed by atoms with Crippen LogP contribution in [-0.2, 0) is 9.47 Å². The Morgan fingerprint density at radius 1 is 1.17 bits per heavy atom. The predicted molar refractivity (Wildman–Crippen MR) is 131 cm³/mol. The first kappa shape index (κ1) is 24.2. The molecule has 164 valence electrons. The highest BCUT2D eigenvalue weighted by atomic mass is 127. The van der Waals surface area contributed by atoms with E-state index >= 15 is 0 Å². The fraction of sp³-hybridized carbons (Fsp3) is 0.682. The SMILES string of the molecule is CCNC(=NCCCCN(C)c1ccccc1)N1CCOC(C2CCCO2)C1.I. The van der Waals surface area contributed by atoms with E-state index in [1.165, 1.54) is 5.69 Å². The molecule has 3 rings (SSSR count). The summed E-state index contributed by atoms with van der Waals surface area (Å²) in [6.45, 7) is 8.30. The molecule has 2 aliphatic heterocycles. The first-order valence-corrected chi connectivity index (χ1v) is 10.8. The summed E-state index contributed by atoms with van der Waals surface area (Å²) in [5.41, 5.74) is 1.27. The topological polar surface area (TPSA) is 49.3 Å². The Labute approximate surface area is 193 Å². The van der Waals surface area contributed by atoms with E-state index in [2.05, 4.69) is 59.4 Å². The molecular weight excluding hydrogens is 479 g/mol. The largest absolute Gasteiger partial charge is 0.375 e. The molecule has 0 radical (unpaired) electrons. The Kier molecular flexibility index (Phi) is 11.1. The Bertz CT molecular complexity index is 596. The number of morpholine rings is 1. The number of aliphatic imine (C=N–C) groups is 1. The van der Waals surface area contributed by atoms with Crippen LogP contribution in [0.25, 0.3) is 0 Å². The van der Waals surface area contributed by atoms with Crippen molar-refractivity contribution in [3.8, 4) is 0 Å². The second-order valence-corrected chi connectivity index (χ2v) is 7.61. The third-order valence-electron chi connectivity index (χ3n) is 5.47. The van der Waals surface area contributed by atoms with Gasteiger partial charge in [0.05, 0.1) is 12.7 Å². The van der Waals surface area contributed by atoms with Crippen molar-refractivity contribution in [1.82, 2.24) is 10.2 Å². The monoisotopic (exact) mass is 516 g/mol. The number of guanidine groups is 1. The van der Waals surface area contributed by atoms with Gasteiger partial charge in [-0.1, -0.05) is 18.2 Å². The minimum absolute atomic E-state index is 0. The zero-order chi connectivity index (χ0) is 19.6. The number of hydrogen-bond acceptors (Lipinski definition) is 4. The molecule has 2 saturated heterocycles. The predicted octanol–water partition coefficient (Wildman–Crippen LogP) is 3.37. The standard InChI is InChI=1S/C22H36N4O2.HI/c1-3-23-22(26-15-17-28-21(18-26)20-12-9-16-27-20)24-13-7-8-14-25(2)19-10-5-4-6-11-19;/h4-6,10-11,20-21H,3,7-9,12-18H2,1-2H3,(H,23,24);1H. The van der Waals surface area contributed by atoms with Crippen LogP contribution < -0.4 is 10.2 Å². The number of halogens is 1. The molecule has 1 aromatic rings. The first-order valence-electron chi connectivity index (χ1n) is 10.8. The quantitative estimate of drug-likeness (QED) is 0.249.